The molecule has 0 atom stereocenters. The van der Waals surface area contributed by atoms with Gasteiger partial charge in [-0.3, -0.25) is 0 Å². The number of nitrogens with one attached hydrogen (secondary N) is 1. The Morgan fingerprint density at radius 1 is 1.21 bits per heavy atom. The molecule has 2 rings (SSSR count). The third-order valence-corrected chi connectivity index (χ3v) is 2.10. The number of allylic oxidation sites excluding steroid dienone is 1. The van der Waals surface area contributed by atoms with Crippen LogP contribution in [-0.4, -0.2) is 6.29 Å². The normalized spacial score (nSPS) is 14.2. The molecule has 0 fully saturated rings. The van der Waals surface area contributed by atoms with E-state index in [1.54, 1.807) is 12.1 Å². The Hall–Kier alpha value is -2.87. The predicted molar refractivity (Wildman–Crippen MR) is 55.5 cm³/mol. The Morgan fingerprint density at radius 2 is 1.79 bits per heavy atom. The summed E-state index contributed by atoms with van der Waals surface area (Å²) in [5.74, 6) is -1.68. The van der Waals surface area contributed by atoms with Gasteiger partial charge in [0, 0.05) is 18.3 Å². The summed E-state index contributed by atoms with van der Waals surface area (Å²) in [6.07, 6.45) is -2.90. The van der Waals surface area contributed by atoms with Crippen LogP contribution in [0.4, 0.5) is 18.9 Å². The molecule has 0 amide bonds. The van der Waals surface area contributed by atoms with Gasteiger partial charge in [-0.25, -0.2) is 4.39 Å². The van der Waals surface area contributed by atoms with E-state index in [4.69, 9.17) is 10.5 Å². The number of fused-ring (bicyclic) bond motifs is 1. The van der Waals surface area contributed by atoms with Gasteiger partial charge >= 0.3 is 6.29 Å². The van der Waals surface area contributed by atoms with Gasteiger partial charge in [0.15, 0.2) is 17.3 Å². The molecule has 0 radical (unpaired) electrons. The fourth-order valence-corrected chi connectivity index (χ4v) is 1.32. The summed E-state index contributed by atoms with van der Waals surface area (Å²) in [7, 11) is 0. The van der Waals surface area contributed by atoms with Gasteiger partial charge < -0.3 is 14.8 Å². The van der Waals surface area contributed by atoms with E-state index in [0.717, 1.165) is 12.3 Å². The second-order valence-electron chi connectivity index (χ2n) is 3.37. The molecule has 0 saturated heterocycles. The van der Waals surface area contributed by atoms with Crippen molar-refractivity contribution >= 4 is 5.69 Å². The first-order valence-electron chi connectivity index (χ1n) is 4.81. The molecule has 0 unspecified atom stereocenters. The quantitative estimate of drug-likeness (QED) is 0.833. The number of nitrogens with zero attached hydrogens (tertiary/aromatic N) is 2. The monoisotopic (exact) mass is 267 g/mol. The molecule has 1 N–H and O–H groups in total. The van der Waals surface area contributed by atoms with E-state index >= 15 is 0 Å². The van der Waals surface area contributed by atoms with Crippen LogP contribution in [0, 0.1) is 28.5 Å². The largest absolute Gasteiger partial charge is 0.586 e. The highest BCUT2D eigenvalue weighted by Crippen LogP contribution is 2.43. The lowest BCUT2D eigenvalue weighted by molar-refractivity contribution is -0.286. The van der Waals surface area contributed by atoms with Crippen molar-refractivity contribution in [3.05, 3.63) is 29.7 Å². The smallest absolute Gasteiger partial charge is 0.395 e. The van der Waals surface area contributed by atoms with Crippen LogP contribution >= 0.6 is 0 Å². The second-order valence-corrected chi connectivity index (χ2v) is 3.37. The van der Waals surface area contributed by atoms with E-state index in [1.165, 1.54) is 0 Å². The number of nitriles is 2. The first-order valence-corrected chi connectivity index (χ1v) is 4.81. The summed E-state index contributed by atoms with van der Waals surface area (Å²) >= 11 is 0. The highest BCUT2D eigenvalue weighted by atomic mass is 19.3. The molecule has 1 heterocycles. The maximum Gasteiger partial charge on any atom is 0.586 e. The number of rotatable bonds is 2. The molecule has 0 saturated carbocycles. The zero-order valence-electron chi connectivity index (χ0n) is 9.08. The molecule has 0 aliphatic carbocycles. The lowest BCUT2D eigenvalue weighted by atomic mass is 10.2. The van der Waals surface area contributed by atoms with Crippen molar-refractivity contribution in [3.8, 4) is 23.6 Å². The number of benzene rings is 1. The molecule has 96 valence electrons. The van der Waals surface area contributed by atoms with Crippen LogP contribution in [0.25, 0.3) is 0 Å². The van der Waals surface area contributed by atoms with Crippen molar-refractivity contribution in [2.75, 3.05) is 5.32 Å². The van der Waals surface area contributed by atoms with Gasteiger partial charge in [-0.2, -0.15) is 10.5 Å². The van der Waals surface area contributed by atoms with E-state index < -0.39 is 17.9 Å². The van der Waals surface area contributed by atoms with Gasteiger partial charge in [0.2, 0.25) is 0 Å². The first kappa shape index (κ1) is 12.6. The molecule has 1 aromatic rings. The zero-order valence-corrected chi connectivity index (χ0v) is 9.08. The summed E-state index contributed by atoms with van der Waals surface area (Å²) in [5, 5.41) is 19.3. The van der Waals surface area contributed by atoms with Gasteiger partial charge in [0.05, 0.1) is 5.69 Å². The van der Waals surface area contributed by atoms with Crippen molar-refractivity contribution in [1.29, 1.82) is 10.5 Å². The molecule has 1 aromatic carbocycles. The summed E-state index contributed by atoms with van der Waals surface area (Å²) in [6.45, 7) is 0. The highest BCUT2D eigenvalue weighted by Gasteiger charge is 2.43. The highest BCUT2D eigenvalue weighted by molar-refractivity contribution is 5.59. The van der Waals surface area contributed by atoms with Crippen molar-refractivity contribution < 1.29 is 22.6 Å². The molecular weight excluding hydrogens is 263 g/mol. The van der Waals surface area contributed by atoms with E-state index in [1.807, 2.05) is 0 Å². The molecule has 8 heteroatoms. The van der Waals surface area contributed by atoms with Crippen molar-refractivity contribution in [3.63, 3.8) is 0 Å². The van der Waals surface area contributed by atoms with E-state index in [-0.39, 0.29) is 17.0 Å². The number of anilines is 1. The average molecular weight is 267 g/mol. The van der Waals surface area contributed by atoms with Crippen LogP contribution in [0.3, 0.4) is 0 Å². The van der Waals surface area contributed by atoms with Crippen molar-refractivity contribution in [2.45, 2.75) is 6.29 Å². The van der Waals surface area contributed by atoms with E-state index in [9.17, 15) is 13.2 Å². The van der Waals surface area contributed by atoms with Crippen LogP contribution in [0.1, 0.15) is 0 Å². The fraction of sp³-hybridized carbons (Fsp3) is 0.0909. The Bertz CT molecular complexity index is 628. The van der Waals surface area contributed by atoms with Crippen molar-refractivity contribution in [2.24, 2.45) is 0 Å². The molecule has 19 heavy (non-hydrogen) atoms. The Labute approximate surface area is 105 Å². The van der Waals surface area contributed by atoms with Crippen LogP contribution in [0.5, 0.6) is 11.5 Å². The van der Waals surface area contributed by atoms with Gasteiger partial charge in [0.25, 0.3) is 0 Å². The molecule has 0 spiro atoms. The zero-order chi connectivity index (χ0) is 14.0. The topological polar surface area (TPSA) is 78.1 Å². The Morgan fingerprint density at radius 3 is 2.37 bits per heavy atom. The molecular formula is C11H4F3N3O2. The number of halogens is 3. The summed E-state index contributed by atoms with van der Waals surface area (Å²) in [5.41, 5.74) is -0.537. The van der Waals surface area contributed by atoms with Gasteiger partial charge in [-0.05, 0) is 0 Å². The molecule has 1 aliphatic heterocycles. The van der Waals surface area contributed by atoms with Crippen LogP contribution in [0.15, 0.2) is 23.9 Å². The van der Waals surface area contributed by atoms with Gasteiger partial charge in [-0.1, -0.05) is 0 Å². The Kier molecular flexibility index (Phi) is 2.93. The minimum atomic E-state index is -3.84. The molecule has 5 nitrogen and oxygen atoms in total. The Balaban J connectivity index is 2.29. The number of hydrogen-bond donors (Lipinski definition) is 1. The predicted octanol–water partition coefficient (Wildman–Crippen LogP) is 2.49. The van der Waals surface area contributed by atoms with Gasteiger partial charge in [0.1, 0.15) is 17.7 Å². The number of ether oxygens (including phenoxy) is 2. The number of alkyl halides is 2. The molecule has 0 bridgehead atoms. The lowest BCUT2D eigenvalue weighted by Gasteiger charge is -2.04. The van der Waals surface area contributed by atoms with E-state index in [2.05, 4.69) is 14.8 Å². The summed E-state index contributed by atoms with van der Waals surface area (Å²) < 4.78 is 47.2. The minimum absolute atomic E-state index is 0.233. The average Bonchev–Trinajstić information content (AvgIpc) is 2.63. The van der Waals surface area contributed by atoms with Crippen LogP contribution in [-0.2, 0) is 0 Å². The minimum Gasteiger partial charge on any atom is -0.395 e. The standard InChI is InChI=1S/C11H4F3N3O2/c12-7-1-9-10(19-11(13,14)18-9)2-8(7)17-5-6(3-15)4-16/h1-2,5,17H. The van der Waals surface area contributed by atoms with Crippen molar-refractivity contribution in [1.82, 2.24) is 0 Å². The summed E-state index contributed by atoms with van der Waals surface area (Å²) in [6, 6.07) is 4.74. The van der Waals surface area contributed by atoms with Crippen LogP contribution in [0.2, 0.25) is 0 Å². The lowest BCUT2D eigenvalue weighted by Crippen LogP contribution is -2.25. The number of hydrogen-bond acceptors (Lipinski definition) is 5. The summed E-state index contributed by atoms with van der Waals surface area (Å²) in [4.78, 5) is 0. The third kappa shape index (κ3) is 2.53. The SMILES string of the molecule is N#CC(C#N)=CNc1cc2c(cc1F)OC(F)(F)O2. The van der Waals surface area contributed by atoms with Gasteiger partial charge in [-0.15, -0.1) is 8.78 Å². The molecule has 1 aliphatic rings. The maximum atomic E-state index is 13.5. The van der Waals surface area contributed by atoms with E-state index in [0.29, 0.717) is 6.07 Å². The third-order valence-electron chi connectivity index (χ3n) is 2.10. The van der Waals surface area contributed by atoms with Crippen LogP contribution < -0.4 is 14.8 Å². The first-order chi connectivity index (χ1) is 8.95. The molecule has 0 aromatic heterocycles. The second kappa shape index (κ2) is 4.42. The fourth-order valence-electron chi connectivity index (χ4n) is 1.32. The maximum absolute atomic E-state index is 13.5.